The number of hydrogen-bond donors (Lipinski definition) is 0. The lowest BCUT2D eigenvalue weighted by molar-refractivity contribution is -0.139. The highest BCUT2D eigenvalue weighted by Crippen LogP contribution is 2.40. The van der Waals surface area contributed by atoms with Gasteiger partial charge in [-0.1, -0.05) is 18.2 Å². The molecule has 0 spiro atoms. The van der Waals surface area contributed by atoms with Gasteiger partial charge < -0.3 is 23.4 Å². The molecule has 0 unspecified atom stereocenters. The molecule has 29 heavy (non-hydrogen) atoms. The van der Waals surface area contributed by atoms with Gasteiger partial charge in [0, 0.05) is 11.6 Å². The second-order valence-electron chi connectivity index (χ2n) is 6.06. The topological polar surface area (TPSA) is 92.9 Å². The molecule has 1 aliphatic heterocycles. The minimum Gasteiger partial charge on any atom is -0.493 e. The minimum absolute atomic E-state index is 0.118. The molecule has 2 heterocycles. The third-order valence-electron chi connectivity index (χ3n) is 4.09. The first-order valence-corrected chi connectivity index (χ1v) is 8.93. The summed E-state index contributed by atoms with van der Waals surface area (Å²) >= 11 is 0. The van der Waals surface area contributed by atoms with Gasteiger partial charge in [0.25, 0.3) is 5.89 Å². The Labute approximate surface area is 166 Å². The zero-order chi connectivity index (χ0) is 20.1. The first kappa shape index (κ1) is 18.5. The predicted octanol–water partition coefficient (Wildman–Crippen LogP) is 3.27. The van der Waals surface area contributed by atoms with Gasteiger partial charge >= 0.3 is 5.97 Å². The fraction of sp³-hybridized carbons (Fsp3) is 0.190. The average molecular weight is 394 g/mol. The lowest BCUT2D eigenvalue weighted by atomic mass is 10.1. The smallest absolute Gasteiger partial charge is 0.331 e. The molecular formula is C21H18N2O6. The first-order valence-electron chi connectivity index (χ1n) is 8.93. The fourth-order valence-corrected chi connectivity index (χ4v) is 2.74. The molecular weight excluding hydrogens is 376 g/mol. The Morgan fingerprint density at radius 3 is 2.79 bits per heavy atom. The zero-order valence-electron chi connectivity index (χ0n) is 15.7. The third-order valence-corrected chi connectivity index (χ3v) is 4.09. The Kier molecular flexibility index (Phi) is 5.42. The highest BCUT2D eigenvalue weighted by molar-refractivity contribution is 5.87. The number of hydrogen-bond acceptors (Lipinski definition) is 8. The summed E-state index contributed by atoms with van der Waals surface area (Å²) in [5.74, 6) is 1.71. The number of rotatable bonds is 6. The molecule has 0 atom stereocenters. The molecule has 4 rings (SSSR count). The van der Waals surface area contributed by atoms with Gasteiger partial charge in [-0.2, -0.15) is 0 Å². The number of benzene rings is 2. The number of fused-ring (bicyclic) bond motifs is 1. The third kappa shape index (κ3) is 4.37. The maximum Gasteiger partial charge on any atom is 0.331 e. The van der Waals surface area contributed by atoms with Crippen molar-refractivity contribution < 1.29 is 28.2 Å². The largest absolute Gasteiger partial charge is 0.493 e. The average Bonchev–Trinajstić information content (AvgIpc) is 3.25. The van der Waals surface area contributed by atoms with E-state index in [2.05, 4.69) is 10.2 Å². The Hall–Kier alpha value is -3.81. The van der Waals surface area contributed by atoms with Crippen LogP contribution in [0.2, 0.25) is 0 Å². The molecule has 8 nitrogen and oxygen atoms in total. The summed E-state index contributed by atoms with van der Waals surface area (Å²) in [5.41, 5.74) is 1.51. The summed E-state index contributed by atoms with van der Waals surface area (Å²) in [7, 11) is 1.55. The first-order chi connectivity index (χ1) is 14.2. The van der Waals surface area contributed by atoms with E-state index in [1.165, 1.54) is 6.08 Å². The van der Waals surface area contributed by atoms with E-state index in [1.54, 1.807) is 25.3 Å². The molecule has 2 aromatic carbocycles. The Morgan fingerprint density at radius 1 is 1.14 bits per heavy atom. The Bertz CT molecular complexity index is 1010. The van der Waals surface area contributed by atoms with Crippen molar-refractivity contribution in [2.24, 2.45) is 0 Å². The second-order valence-corrected chi connectivity index (χ2v) is 6.06. The number of carbonyl (C=O) groups excluding carboxylic acids is 1. The molecule has 3 aromatic rings. The van der Waals surface area contributed by atoms with Crippen molar-refractivity contribution in [3.63, 3.8) is 0 Å². The molecule has 148 valence electrons. The molecule has 0 saturated carbocycles. The van der Waals surface area contributed by atoms with E-state index < -0.39 is 5.97 Å². The quantitative estimate of drug-likeness (QED) is 0.465. The van der Waals surface area contributed by atoms with Gasteiger partial charge in [-0.3, -0.25) is 0 Å². The highest BCUT2D eigenvalue weighted by Gasteiger charge is 2.18. The maximum atomic E-state index is 12.0. The van der Waals surface area contributed by atoms with Gasteiger partial charge in [0.15, 0.2) is 18.1 Å². The number of carbonyl (C=O) groups is 1. The summed E-state index contributed by atoms with van der Waals surface area (Å²) in [6, 6.07) is 12.9. The van der Waals surface area contributed by atoms with Crippen LogP contribution in [0.4, 0.5) is 0 Å². The van der Waals surface area contributed by atoms with Crippen LogP contribution in [0.5, 0.6) is 17.2 Å². The molecule has 8 heteroatoms. The fourth-order valence-electron chi connectivity index (χ4n) is 2.74. The molecule has 0 amide bonds. The summed E-state index contributed by atoms with van der Waals surface area (Å²) in [6.07, 6.45) is 2.91. The van der Waals surface area contributed by atoms with Gasteiger partial charge in [-0.25, -0.2) is 4.79 Å². The van der Waals surface area contributed by atoms with Crippen LogP contribution in [0.25, 0.3) is 17.5 Å². The van der Waals surface area contributed by atoms with Gasteiger partial charge in [0.05, 0.1) is 7.11 Å². The molecule has 0 fully saturated rings. The highest BCUT2D eigenvalue weighted by atomic mass is 16.6. The normalized spacial score (nSPS) is 12.7. The molecule has 0 N–H and O–H groups in total. The Balaban J connectivity index is 1.38. The van der Waals surface area contributed by atoms with Crippen molar-refractivity contribution >= 4 is 12.0 Å². The van der Waals surface area contributed by atoms with Crippen LogP contribution in [-0.4, -0.2) is 36.5 Å². The zero-order valence-corrected chi connectivity index (χ0v) is 15.7. The standard InChI is InChI=1S/C21H18N2O6/c1-25-16-11-14(12-17-20(16)27-10-9-26-17)7-8-19(24)28-13-18-22-23-21(29-18)15-5-3-2-4-6-15/h2-8,11-12H,9-10,13H2,1H3. The van der Waals surface area contributed by atoms with Crippen molar-refractivity contribution in [2.45, 2.75) is 6.61 Å². The number of esters is 1. The van der Waals surface area contributed by atoms with Crippen molar-refractivity contribution in [2.75, 3.05) is 20.3 Å². The van der Waals surface area contributed by atoms with Gasteiger partial charge in [-0.05, 0) is 35.9 Å². The lowest BCUT2D eigenvalue weighted by Crippen LogP contribution is -2.16. The summed E-state index contributed by atoms with van der Waals surface area (Å²) in [5, 5.41) is 7.84. The molecule has 1 aromatic heterocycles. The monoisotopic (exact) mass is 394 g/mol. The van der Waals surface area contributed by atoms with Crippen LogP contribution < -0.4 is 14.2 Å². The van der Waals surface area contributed by atoms with Crippen molar-refractivity contribution in [3.05, 3.63) is 60.0 Å². The predicted molar refractivity (Wildman–Crippen MR) is 103 cm³/mol. The molecule has 1 aliphatic rings. The van der Waals surface area contributed by atoms with Crippen molar-refractivity contribution in [3.8, 4) is 28.7 Å². The molecule has 0 bridgehead atoms. The number of aromatic nitrogens is 2. The number of ether oxygens (including phenoxy) is 4. The van der Waals surface area contributed by atoms with E-state index in [9.17, 15) is 4.79 Å². The second kappa shape index (κ2) is 8.47. The van der Waals surface area contributed by atoms with Gasteiger partial charge in [0.1, 0.15) is 13.2 Å². The van der Waals surface area contributed by atoms with Gasteiger partial charge in [-0.15, -0.1) is 10.2 Å². The van der Waals surface area contributed by atoms with Crippen molar-refractivity contribution in [1.82, 2.24) is 10.2 Å². The van der Waals surface area contributed by atoms with Crippen molar-refractivity contribution in [1.29, 1.82) is 0 Å². The molecule has 0 aliphatic carbocycles. The van der Waals surface area contributed by atoms with Gasteiger partial charge in [0.2, 0.25) is 11.6 Å². The van der Waals surface area contributed by atoms with Crippen LogP contribution in [0.15, 0.2) is 53.0 Å². The summed E-state index contributed by atoms with van der Waals surface area (Å²) < 4.78 is 27.1. The minimum atomic E-state index is -0.543. The van der Waals surface area contributed by atoms with Crippen LogP contribution in [0.3, 0.4) is 0 Å². The van der Waals surface area contributed by atoms with E-state index in [1.807, 2.05) is 30.3 Å². The SMILES string of the molecule is COc1cc(C=CC(=O)OCc2nnc(-c3ccccc3)o2)cc2c1OCCO2. The van der Waals surface area contributed by atoms with E-state index in [0.717, 1.165) is 5.56 Å². The van der Waals surface area contributed by atoms with E-state index >= 15 is 0 Å². The van der Waals surface area contributed by atoms with E-state index in [-0.39, 0.29) is 12.5 Å². The van der Waals surface area contributed by atoms with Crippen LogP contribution in [-0.2, 0) is 16.1 Å². The number of methoxy groups -OCH3 is 1. The Morgan fingerprint density at radius 2 is 1.97 bits per heavy atom. The summed E-state index contributed by atoms with van der Waals surface area (Å²) in [4.78, 5) is 12.0. The maximum absolute atomic E-state index is 12.0. The van der Waals surface area contributed by atoms with Crippen LogP contribution in [0.1, 0.15) is 11.5 Å². The van der Waals surface area contributed by atoms with Crippen LogP contribution >= 0.6 is 0 Å². The van der Waals surface area contributed by atoms with Crippen LogP contribution in [0, 0.1) is 0 Å². The molecule has 0 saturated heterocycles. The lowest BCUT2D eigenvalue weighted by Gasteiger charge is -2.20. The van der Waals surface area contributed by atoms with E-state index in [4.69, 9.17) is 23.4 Å². The summed E-state index contributed by atoms with van der Waals surface area (Å²) in [6.45, 7) is 0.806. The number of nitrogens with zero attached hydrogens (tertiary/aromatic N) is 2. The molecule has 0 radical (unpaired) electrons. The van der Waals surface area contributed by atoms with E-state index in [0.29, 0.717) is 41.9 Å².